The molecule has 0 aliphatic heterocycles. The zero-order valence-corrected chi connectivity index (χ0v) is 19.2. The Morgan fingerprint density at radius 3 is 2.29 bits per heavy atom. The van der Waals surface area contributed by atoms with Crippen LogP contribution in [0, 0.1) is 13.8 Å². The second kappa shape index (κ2) is 8.15. The molecule has 7 heteroatoms. The van der Waals surface area contributed by atoms with Crippen molar-refractivity contribution < 1.29 is 13.2 Å². The number of hydrogen-bond acceptors (Lipinski definition) is 5. The van der Waals surface area contributed by atoms with E-state index < -0.39 is 15.9 Å². The number of pyridine rings is 1. The van der Waals surface area contributed by atoms with Gasteiger partial charge in [-0.3, -0.25) is 9.78 Å². The van der Waals surface area contributed by atoms with Crippen molar-refractivity contribution in [2.24, 2.45) is 0 Å². The van der Waals surface area contributed by atoms with Crippen LogP contribution >= 0.6 is 0 Å². The van der Waals surface area contributed by atoms with Gasteiger partial charge in [-0.05, 0) is 61.4 Å². The SMILES string of the molecule is Cc1ccc(-c2nc(C(C)(C)C)ccc2C(=O)NS(=O)(=O)c2cccc(N)c2)cc1C. The fourth-order valence-corrected chi connectivity index (χ4v) is 4.11. The van der Waals surface area contributed by atoms with Crippen LogP contribution in [-0.4, -0.2) is 19.3 Å². The van der Waals surface area contributed by atoms with E-state index in [1.807, 2.05) is 52.8 Å². The number of rotatable bonds is 4. The number of aromatic nitrogens is 1. The Bertz CT molecular complexity index is 1260. The zero-order valence-electron chi connectivity index (χ0n) is 18.4. The molecule has 2 aromatic carbocycles. The van der Waals surface area contributed by atoms with Gasteiger partial charge in [0.05, 0.1) is 16.2 Å². The van der Waals surface area contributed by atoms with Crippen molar-refractivity contribution in [3.8, 4) is 11.3 Å². The molecule has 1 heterocycles. The highest BCUT2D eigenvalue weighted by atomic mass is 32.2. The minimum atomic E-state index is -4.09. The maximum Gasteiger partial charge on any atom is 0.267 e. The Morgan fingerprint density at radius 2 is 1.68 bits per heavy atom. The first-order chi connectivity index (χ1) is 14.4. The maximum atomic E-state index is 13.1. The second-order valence-corrected chi connectivity index (χ2v) is 10.3. The third-order valence-electron chi connectivity index (χ3n) is 5.08. The van der Waals surface area contributed by atoms with Crippen molar-refractivity contribution in [2.45, 2.75) is 44.9 Å². The second-order valence-electron chi connectivity index (χ2n) is 8.65. The third-order valence-corrected chi connectivity index (χ3v) is 6.41. The molecule has 3 rings (SSSR count). The molecule has 0 bridgehead atoms. The Labute approximate surface area is 183 Å². The van der Waals surface area contributed by atoms with Crippen LogP contribution in [0.1, 0.15) is 48.0 Å². The van der Waals surface area contributed by atoms with E-state index in [2.05, 4.69) is 4.72 Å². The van der Waals surface area contributed by atoms with Gasteiger partial charge in [0, 0.05) is 22.4 Å². The molecule has 0 atom stereocenters. The van der Waals surface area contributed by atoms with Crippen molar-refractivity contribution in [3.63, 3.8) is 0 Å². The van der Waals surface area contributed by atoms with Gasteiger partial charge < -0.3 is 5.73 Å². The largest absolute Gasteiger partial charge is 0.399 e. The average Bonchev–Trinajstić information content (AvgIpc) is 2.68. The summed E-state index contributed by atoms with van der Waals surface area (Å²) < 4.78 is 27.6. The Kier molecular flexibility index (Phi) is 5.91. The Hall–Kier alpha value is -3.19. The number of anilines is 1. The highest BCUT2D eigenvalue weighted by Gasteiger charge is 2.24. The van der Waals surface area contributed by atoms with Gasteiger partial charge in [-0.2, -0.15) is 0 Å². The lowest BCUT2D eigenvalue weighted by Gasteiger charge is -2.20. The number of nitrogens with two attached hydrogens (primary N) is 1. The number of nitrogens with zero attached hydrogens (tertiary/aromatic N) is 1. The summed E-state index contributed by atoms with van der Waals surface area (Å²) in [6.45, 7) is 10.1. The van der Waals surface area contributed by atoms with E-state index in [-0.39, 0.29) is 15.9 Å². The lowest BCUT2D eigenvalue weighted by molar-refractivity contribution is 0.0981. The minimum Gasteiger partial charge on any atom is -0.399 e. The number of carbonyl (C=O) groups is 1. The molecule has 0 unspecified atom stereocenters. The van der Waals surface area contributed by atoms with Crippen molar-refractivity contribution in [1.29, 1.82) is 0 Å². The number of nitrogen functional groups attached to an aromatic ring is 1. The minimum absolute atomic E-state index is 0.0761. The Balaban J connectivity index is 2.09. The molecule has 1 amide bonds. The van der Waals surface area contributed by atoms with Crippen LogP contribution in [0.25, 0.3) is 11.3 Å². The van der Waals surface area contributed by atoms with E-state index in [9.17, 15) is 13.2 Å². The van der Waals surface area contributed by atoms with Crippen LogP contribution in [0.3, 0.4) is 0 Å². The highest BCUT2D eigenvalue weighted by Crippen LogP contribution is 2.29. The summed E-state index contributed by atoms with van der Waals surface area (Å²) in [6.07, 6.45) is 0. The molecule has 6 nitrogen and oxygen atoms in total. The first kappa shape index (κ1) is 22.5. The number of sulfonamides is 1. The summed E-state index contributed by atoms with van der Waals surface area (Å²) in [5, 5.41) is 0. The summed E-state index contributed by atoms with van der Waals surface area (Å²) in [7, 11) is -4.09. The molecule has 0 radical (unpaired) electrons. The molecule has 0 saturated heterocycles. The predicted molar refractivity (Wildman–Crippen MR) is 123 cm³/mol. The van der Waals surface area contributed by atoms with Crippen LogP contribution in [0.5, 0.6) is 0 Å². The summed E-state index contributed by atoms with van der Waals surface area (Å²) in [6, 6.07) is 15.0. The molecule has 0 aliphatic carbocycles. The number of hydrogen-bond donors (Lipinski definition) is 2. The first-order valence-electron chi connectivity index (χ1n) is 9.90. The molecule has 3 N–H and O–H groups in total. The van der Waals surface area contributed by atoms with Gasteiger partial charge >= 0.3 is 0 Å². The highest BCUT2D eigenvalue weighted by molar-refractivity contribution is 7.90. The monoisotopic (exact) mass is 437 g/mol. The number of amides is 1. The van der Waals surface area contributed by atoms with E-state index >= 15 is 0 Å². The number of benzene rings is 2. The topological polar surface area (TPSA) is 102 Å². The van der Waals surface area contributed by atoms with Crippen LogP contribution in [0.2, 0.25) is 0 Å². The number of carbonyl (C=O) groups excluding carboxylic acids is 1. The summed E-state index contributed by atoms with van der Waals surface area (Å²) >= 11 is 0. The average molecular weight is 438 g/mol. The van der Waals surface area contributed by atoms with E-state index in [0.29, 0.717) is 11.4 Å². The quantitative estimate of drug-likeness (QED) is 0.590. The molecule has 162 valence electrons. The van der Waals surface area contributed by atoms with E-state index in [4.69, 9.17) is 10.7 Å². The summed E-state index contributed by atoms with van der Waals surface area (Å²) in [5.74, 6) is -0.747. The molecule has 1 aromatic heterocycles. The standard InChI is InChI=1S/C24H27N3O3S/c1-15-9-10-17(13-16(15)2)22-20(11-12-21(26-22)24(3,4)5)23(28)27-31(29,30)19-8-6-7-18(25)14-19/h6-14H,25H2,1-5H3,(H,27,28). The van der Waals surface area contributed by atoms with Gasteiger partial charge in [-0.25, -0.2) is 13.1 Å². The molecule has 3 aromatic rings. The van der Waals surface area contributed by atoms with Gasteiger partial charge in [0.15, 0.2) is 0 Å². The molecular formula is C24H27N3O3S. The van der Waals surface area contributed by atoms with Crippen molar-refractivity contribution >= 4 is 21.6 Å². The van der Waals surface area contributed by atoms with Crippen molar-refractivity contribution in [3.05, 3.63) is 77.0 Å². The molecule has 0 aliphatic rings. The van der Waals surface area contributed by atoms with Gasteiger partial charge in [-0.15, -0.1) is 0 Å². The van der Waals surface area contributed by atoms with Crippen LogP contribution < -0.4 is 10.5 Å². The van der Waals surface area contributed by atoms with Crippen LogP contribution in [0.4, 0.5) is 5.69 Å². The van der Waals surface area contributed by atoms with Crippen LogP contribution in [0.15, 0.2) is 59.5 Å². The van der Waals surface area contributed by atoms with Crippen molar-refractivity contribution in [1.82, 2.24) is 9.71 Å². The Morgan fingerprint density at radius 1 is 0.968 bits per heavy atom. The fraction of sp³-hybridized carbons (Fsp3) is 0.250. The van der Waals surface area contributed by atoms with E-state index in [0.717, 1.165) is 22.4 Å². The first-order valence-corrected chi connectivity index (χ1v) is 11.4. The number of nitrogens with one attached hydrogen (secondary N) is 1. The number of aryl methyl sites for hydroxylation is 2. The predicted octanol–water partition coefficient (Wildman–Crippen LogP) is 4.36. The van der Waals surface area contributed by atoms with Gasteiger partial charge in [0.1, 0.15) is 0 Å². The molecular weight excluding hydrogens is 410 g/mol. The maximum absolute atomic E-state index is 13.1. The van der Waals surface area contributed by atoms with Crippen molar-refractivity contribution in [2.75, 3.05) is 5.73 Å². The van der Waals surface area contributed by atoms with Gasteiger partial charge in [0.25, 0.3) is 15.9 Å². The van der Waals surface area contributed by atoms with Crippen LogP contribution in [-0.2, 0) is 15.4 Å². The molecule has 0 saturated carbocycles. The normalized spacial score (nSPS) is 11.9. The third kappa shape index (κ3) is 4.94. The van der Waals surface area contributed by atoms with Gasteiger partial charge in [-0.1, -0.05) is 39.0 Å². The zero-order chi connectivity index (χ0) is 23.0. The van der Waals surface area contributed by atoms with E-state index in [1.165, 1.54) is 18.2 Å². The lowest BCUT2D eigenvalue weighted by atomic mass is 9.90. The summed E-state index contributed by atoms with van der Waals surface area (Å²) in [4.78, 5) is 17.7. The molecule has 0 fully saturated rings. The lowest BCUT2D eigenvalue weighted by Crippen LogP contribution is -2.31. The molecule has 0 spiro atoms. The van der Waals surface area contributed by atoms with E-state index in [1.54, 1.807) is 18.2 Å². The summed E-state index contributed by atoms with van der Waals surface area (Å²) in [5.41, 5.74) is 10.1. The molecule has 31 heavy (non-hydrogen) atoms. The fourth-order valence-electron chi connectivity index (χ4n) is 3.09. The van der Waals surface area contributed by atoms with Gasteiger partial charge in [0.2, 0.25) is 0 Å². The smallest absolute Gasteiger partial charge is 0.267 e.